The Labute approximate surface area is 129 Å². The van der Waals surface area contributed by atoms with Gasteiger partial charge in [0.05, 0.1) is 17.8 Å². The van der Waals surface area contributed by atoms with Crippen molar-refractivity contribution in [1.29, 1.82) is 0 Å². The normalized spacial score (nSPS) is 10.9. The maximum atomic E-state index is 13.0. The van der Waals surface area contributed by atoms with E-state index in [9.17, 15) is 9.18 Å². The van der Waals surface area contributed by atoms with E-state index in [-0.39, 0.29) is 22.9 Å². The molecule has 3 rings (SSSR count). The molecule has 2 heterocycles. The van der Waals surface area contributed by atoms with E-state index < -0.39 is 0 Å². The number of nitrogens with zero attached hydrogens (tertiary/aromatic N) is 3. The molecular formula is C15H11ClFN3O2. The highest BCUT2D eigenvalue weighted by molar-refractivity contribution is 6.30. The number of aryl methyl sites for hydroxylation is 1. The van der Waals surface area contributed by atoms with Gasteiger partial charge in [-0.25, -0.2) is 9.07 Å². The second-order valence-corrected chi connectivity index (χ2v) is 5.18. The highest BCUT2D eigenvalue weighted by Crippen LogP contribution is 2.25. The zero-order valence-corrected chi connectivity index (χ0v) is 12.3. The van der Waals surface area contributed by atoms with Crippen molar-refractivity contribution >= 4 is 11.6 Å². The van der Waals surface area contributed by atoms with Crippen molar-refractivity contribution < 1.29 is 8.91 Å². The second kappa shape index (κ2) is 5.73. The van der Waals surface area contributed by atoms with Crippen LogP contribution in [0, 0.1) is 12.7 Å². The van der Waals surface area contributed by atoms with Crippen LogP contribution in [-0.2, 0) is 6.54 Å². The van der Waals surface area contributed by atoms with Crippen LogP contribution < -0.4 is 5.56 Å². The molecule has 5 nitrogen and oxygen atoms in total. The maximum Gasteiger partial charge on any atom is 0.268 e. The number of halogens is 2. The Morgan fingerprint density at radius 1 is 1.32 bits per heavy atom. The van der Waals surface area contributed by atoms with Gasteiger partial charge in [0.15, 0.2) is 0 Å². The SMILES string of the molecule is Cc1onc(-c2ccc(F)cc2)c1Cn1ncc(Cl)cc1=O. The Morgan fingerprint density at radius 2 is 2.05 bits per heavy atom. The average Bonchev–Trinajstić information content (AvgIpc) is 2.84. The third-order valence-electron chi connectivity index (χ3n) is 3.25. The van der Waals surface area contributed by atoms with Crippen molar-refractivity contribution in [2.75, 3.05) is 0 Å². The molecule has 0 spiro atoms. The summed E-state index contributed by atoms with van der Waals surface area (Å²) in [5.41, 5.74) is 1.65. The lowest BCUT2D eigenvalue weighted by atomic mass is 10.1. The minimum atomic E-state index is -0.332. The molecule has 2 aromatic heterocycles. The Morgan fingerprint density at radius 3 is 2.73 bits per heavy atom. The van der Waals surface area contributed by atoms with Crippen molar-refractivity contribution in [3.05, 3.63) is 69.0 Å². The first kappa shape index (κ1) is 14.5. The fourth-order valence-corrected chi connectivity index (χ4v) is 2.23. The van der Waals surface area contributed by atoms with E-state index in [0.29, 0.717) is 22.6 Å². The molecule has 0 N–H and O–H groups in total. The van der Waals surface area contributed by atoms with Crippen molar-refractivity contribution in [3.63, 3.8) is 0 Å². The molecule has 0 fully saturated rings. The molecule has 0 bridgehead atoms. The molecule has 0 aliphatic heterocycles. The third kappa shape index (κ3) is 2.78. The van der Waals surface area contributed by atoms with Gasteiger partial charge in [-0.05, 0) is 31.2 Å². The van der Waals surface area contributed by atoms with Gasteiger partial charge in [-0.2, -0.15) is 5.10 Å². The molecule has 0 amide bonds. The Bertz CT molecular complexity index is 871. The van der Waals surface area contributed by atoms with Crippen LogP contribution in [0.25, 0.3) is 11.3 Å². The van der Waals surface area contributed by atoms with Crippen LogP contribution in [0.2, 0.25) is 5.02 Å². The van der Waals surface area contributed by atoms with E-state index >= 15 is 0 Å². The molecule has 112 valence electrons. The second-order valence-electron chi connectivity index (χ2n) is 4.74. The molecule has 1 aromatic carbocycles. The van der Waals surface area contributed by atoms with E-state index in [1.165, 1.54) is 29.1 Å². The molecule has 0 saturated carbocycles. The Hall–Kier alpha value is -2.47. The number of rotatable bonds is 3. The van der Waals surface area contributed by atoms with Crippen LogP contribution in [0.15, 0.2) is 45.8 Å². The molecule has 7 heteroatoms. The lowest BCUT2D eigenvalue weighted by Gasteiger charge is -2.05. The molecule has 3 aromatic rings. The van der Waals surface area contributed by atoms with Gasteiger partial charge in [-0.1, -0.05) is 16.8 Å². The molecule has 0 saturated heterocycles. The van der Waals surface area contributed by atoms with Gasteiger partial charge in [0.25, 0.3) is 5.56 Å². The minimum absolute atomic E-state index is 0.193. The summed E-state index contributed by atoms with van der Waals surface area (Å²) in [5, 5.41) is 8.26. The van der Waals surface area contributed by atoms with Gasteiger partial charge in [0.1, 0.15) is 17.3 Å². The Kier molecular flexibility index (Phi) is 3.77. The average molecular weight is 320 g/mol. The van der Waals surface area contributed by atoms with Crippen molar-refractivity contribution in [2.24, 2.45) is 0 Å². The number of aromatic nitrogens is 3. The van der Waals surface area contributed by atoms with Gasteiger partial charge >= 0.3 is 0 Å². The molecule has 0 radical (unpaired) electrons. The van der Waals surface area contributed by atoms with Crippen LogP contribution in [0.4, 0.5) is 4.39 Å². The van der Waals surface area contributed by atoms with E-state index in [1.54, 1.807) is 19.1 Å². The maximum absolute atomic E-state index is 13.0. The Balaban J connectivity index is 2.02. The van der Waals surface area contributed by atoms with E-state index in [2.05, 4.69) is 10.3 Å². The van der Waals surface area contributed by atoms with Crippen LogP contribution >= 0.6 is 11.6 Å². The summed E-state index contributed by atoms with van der Waals surface area (Å²) in [6.07, 6.45) is 1.39. The van der Waals surface area contributed by atoms with Crippen LogP contribution in [0.1, 0.15) is 11.3 Å². The van der Waals surface area contributed by atoms with E-state index in [4.69, 9.17) is 16.1 Å². The molecule has 0 atom stereocenters. The summed E-state index contributed by atoms with van der Waals surface area (Å²) >= 11 is 5.73. The largest absolute Gasteiger partial charge is 0.361 e. The smallest absolute Gasteiger partial charge is 0.268 e. The summed E-state index contributed by atoms with van der Waals surface area (Å²) in [6, 6.07) is 7.18. The predicted molar refractivity (Wildman–Crippen MR) is 79.2 cm³/mol. The first-order valence-corrected chi connectivity index (χ1v) is 6.86. The third-order valence-corrected chi connectivity index (χ3v) is 3.45. The van der Waals surface area contributed by atoms with Crippen molar-refractivity contribution in [2.45, 2.75) is 13.5 Å². The molecule has 0 aliphatic rings. The topological polar surface area (TPSA) is 60.9 Å². The fraction of sp³-hybridized carbons (Fsp3) is 0.133. The zero-order valence-electron chi connectivity index (χ0n) is 11.6. The van der Waals surface area contributed by atoms with E-state index in [0.717, 1.165) is 0 Å². The fourth-order valence-electron chi connectivity index (χ4n) is 2.09. The highest BCUT2D eigenvalue weighted by atomic mass is 35.5. The standard InChI is InChI=1S/C15H11ClFN3O2/c1-9-13(8-20-14(21)6-11(16)7-18-20)15(19-22-9)10-2-4-12(17)5-3-10/h2-7H,8H2,1H3. The monoisotopic (exact) mass is 319 g/mol. The van der Waals surface area contributed by atoms with Crippen molar-refractivity contribution in [1.82, 2.24) is 14.9 Å². The summed E-state index contributed by atoms with van der Waals surface area (Å²) in [4.78, 5) is 11.9. The first-order chi connectivity index (χ1) is 10.5. The molecule has 0 unspecified atom stereocenters. The van der Waals surface area contributed by atoms with Gasteiger partial charge in [0, 0.05) is 17.2 Å². The highest BCUT2D eigenvalue weighted by Gasteiger charge is 2.16. The van der Waals surface area contributed by atoms with Gasteiger partial charge in [-0.3, -0.25) is 4.79 Å². The number of hydrogen-bond donors (Lipinski definition) is 0. The summed E-state index contributed by atoms with van der Waals surface area (Å²) in [7, 11) is 0. The lowest BCUT2D eigenvalue weighted by molar-refractivity contribution is 0.397. The molecular weight excluding hydrogens is 309 g/mol. The zero-order chi connectivity index (χ0) is 15.7. The van der Waals surface area contributed by atoms with Gasteiger partial charge in [-0.15, -0.1) is 0 Å². The van der Waals surface area contributed by atoms with Crippen LogP contribution in [-0.4, -0.2) is 14.9 Å². The van der Waals surface area contributed by atoms with Gasteiger partial charge < -0.3 is 4.52 Å². The quantitative estimate of drug-likeness (QED) is 0.744. The van der Waals surface area contributed by atoms with Gasteiger partial charge in [0.2, 0.25) is 0 Å². The molecule has 22 heavy (non-hydrogen) atoms. The predicted octanol–water partition coefficient (Wildman–Crippen LogP) is 3.05. The van der Waals surface area contributed by atoms with Crippen LogP contribution in [0.5, 0.6) is 0 Å². The lowest BCUT2D eigenvalue weighted by Crippen LogP contribution is -2.22. The van der Waals surface area contributed by atoms with E-state index in [1.807, 2.05) is 0 Å². The summed E-state index contributed by atoms with van der Waals surface area (Å²) in [5.74, 6) is 0.240. The number of benzene rings is 1. The first-order valence-electron chi connectivity index (χ1n) is 6.48. The number of hydrogen-bond acceptors (Lipinski definition) is 4. The molecule has 0 aliphatic carbocycles. The summed E-state index contributed by atoms with van der Waals surface area (Å²) < 4.78 is 19.5. The summed E-state index contributed by atoms with van der Waals surface area (Å²) in [6.45, 7) is 1.94. The minimum Gasteiger partial charge on any atom is -0.361 e. The van der Waals surface area contributed by atoms with Crippen LogP contribution in [0.3, 0.4) is 0 Å². The van der Waals surface area contributed by atoms with Crippen molar-refractivity contribution in [3.8, 4) is 11.3 Å².